The van der Waals surface area contributed by atoms with Crippen molar-refractivity contribution in [2.75, 3.05) is 7.05 Å². The molecule has 0 atom stereocenters. The molecule has 1 aromatic carbocycles. The summed E-state index contributed by atoms with van der Waals surface area (Å²) in [6.45, 7) is 13.4. The molecule has 0 spiro atoms. The Morgan fingerprint density at radius 3 is 2.11 bits per heavy atom. The molecule has 0 heterocycles. The van der Waals surface area contributed by atoms with Crippen LogP contribution in [0.2, 0.25) is 19.6 Å². The topological polar surface area (TPSA) is 29.1 Å². The molecule has 1 N–H and O–H groups in total. The van der Waals surface area contributed by atoms with Gasteiger partial charge in [-0.2, -0.15) is 0 Å². The summed E-state index contributed by atoms with van der Waals surface area (Å²) in [5, 5.41) is 3.98. The maximum atomic E-state index is 12.0. The SMILES string of the molecule is CNC(=O)c1ccc(C(C)(C)C)cc1[Si](C)(C)C. The number of hydrogen-bond acceptors (Lipinski definition) is 1. The number of carbonyl (C=O) groups excluding carboxylic acids is 1. The van der Waals surface area contributed by atoms with Gasteiger partial charge in [-0.15, -0.1) is 0 Å². The Labute approximate surface area is 112 Å². The normalized spacial score (nSPS) is 12.4. The number of carbonyl (C=O) groups is 1. The van der Waals surface area contributed by atoms with Crippen molar-refractivity contribution >= 4 is 19.2 Å². The van der Waals surface area contributed by atoms with Crippen LogP contribution in [-0.4, -0.2) is 21.0 Å². The van der Waals surface area contributed by atoms with Crippen molar-refractivity contribution in [3.05, 3.63) is 29.3 Å². The van der Waals surface area contributed by atoms with Crippen LogP contribution < -0.4 is 10.5 Å². The molecule has 1 amide bonds. The van der Waals surface area contributed by atoms with Gasteiger partial charge in [0, 0.05) is 12.6 Å². The molecule has 0 aromatic heterocycles. The Morgan fingerprint density at radius 1 is 1.17 bits per heavy atom. The molecule has 0 saturated carbocycles. The van der Waals surface area contributed by atoms with Gasteiger partial charge in [0.25, 0.3) is 5.91 Å². The first-order valence-corrected chi connectivity index (χ1v) is 9.94. The van der Waals surface area contributed by atoms with Gasteiger partial charge < -0.3 is 5.32 Å². The lowest BCUT2D eigenvalue weighted by Gasteiger charge is -2.25. The molecule has 0 unspecified atom stereocenters. The van der Waals surface area contributed by atoms with Gasteiger partial charge in [-0.3, -0.25) is 4.79 Å². The van der Waals surface area contributed by atoms with Gasteiger partial charge in [-0.1, -0.05) is 52.5 Å². The summed E-state index contributed by atoms with van der Waals surface area (Å²) >= 11 is 0. The molecule has 3 heteroatoms. The van der Waals surface area contributed by atoms with Crippen molar-refractivity contribution in [1.29, 1.82) is 0 Å². The predicted octanol–water partition coefficient (Wildman–Crippen LogP) is 2.89. The lowest BCUT2D eigenvalue weighted by Crippen LogP contribution is -2.43. The lowest BCUT2D eigenvalue weighted by atomic mass is 9.86. The monoisotopic (exact) mass is 263 g/mol. The van der Waals surface area contributed by atoms with E-state index in [1.54, 1.807) is 7.05 Å². The second-order valence-electron chi connectivity index (χ2n) is 6.84. The standard InChI is InChI=1S/C15H25NOSi/c1-15(2,3)11-8-9-12(14(17)16-4)13(10-11)18(5,6)7/h8-10H,1-7H3,(H,16,17). The third kappa shape index (κ3) is 3.22. The molecule has 0 aliphatic heterocycles. The first-order chi connectivity index (χ1) is 8.07. The van der Waals surface area contributed by atoms with E-state index < -0.39 is 8.07 Å². The van der Waals surface area contributed by atoms with E-state index in [4.69, 9.17) is 0 Å². The van der Waals surface area contributed by atoms with Crippen LogP contribution in [0.4, 0.5) is 0 Å². The minimum absolute atomic E-state index is 0.0212. The first-order valence-electron chi connectivity index (χ1n) is 6.44. The maximum Gasteiger partial charge on any atom is 0.250 e. The zero-order chi connectivity index (χ0) is 14.1. The maximum absolute atomic E-state index is 12.0. The van der Waals surface area contributed by atoms with Crippen molar-refractivity contribution in [2.24, 2.45) is 0 Å². The number of nitrogens with one attached hydrogen (secondary N) is 1. The van der Waals surface area contributed by atoms with E-state index in [9.17, 15) is 4.79 Å². The van der Waals surface area contributed by atoms with Crippen molar-refractivity contribution in [3.8, 4) is 0 Å². The second kappa shape index (κ2) is 4.88. The summed E-state index contributed by atoms with van der Waals surface area (Å²) in [7, 11) is 0.161. The molecule has 0 fully saturated rings. The van der Waals surface area contributed by atoms with E-state index in [0.29, 0.717) is 0 Å². The van der Waals surface area contributed by atoms with Crippen LogP contribution in [0.25, 0.3) is 0 Å². The van der Waals surface area contributed by atoms with Gasteiger partial charge in [0.1, 0.15) is 0 Å². The minimum Gasteiger partial charge on any atom is -0.355 e. The molecule has 1 aromatic rings. The molecule has 0 bridgehead atoms. The van der Waals surface area contributed by atoms with Crippen LogP contribution in [0.3, 0.4) is 0 Å². The lowest BCUT2D eigenvalue weighted by molar-refractivity contribution is 0.0964. The Balaban J connectivity index is 3.44. The summed E-state index contributed by atoms with van der Waals surface area (Å²) in [5.41, 5.74) is 2.26. The molecule has 0 aliphatic rings. The van der Waals surface area contributed by atoms with Crippen molar-refractivity contribution in [3.63, 3.8) is 0 Å². The fourth-order valence-electron chi connectivity index (χ4n) is 1.96. The van der Waals surface area contributed by atoms with Gasteiger partial charge >= 0.3 is 0 Å². The smallest absolute Gasteiger partial charge is 0.250 e. The summed E-state index contributed by atoms with van der Waals surface area (Å²) in [5.74, 6) is 0.0212. The fourth-order valence-corrected chi connectivity index (χ4v) is 3.56. The third-order valence-corrected chi connectivity index (χ3v) is 5.19. The molecule has 2 nitrogen and oxygen atoms in total. The van der Waals surface area contributed by atoms with Crippen LogP contribution in [0.1, 0.15) is 36.7 Å². The van der Waals surface area contributed by atoms with E-state index in [-0.39, 0.29) is 11.3 Å². The quantitative estimate of drug-likeness (QED) is 0.817. The van der Waals surface area contributed by atoms with E-state index in [1.165, 1.54) is 10.8 Å². The Morgan fingerprint density at radius 2 is 1.72 bits per heavy atom. The van der Waals surface area contributed by atoms with Crippen LogP contribution in [-0.2, 0) is 5.41 Å². The molecule has 1 rings (SSSR count). The summed E-state index contributed by atoms with van der Waals surface area (Å²) in [4.78, 5) is 12.0. The fraction of sp³-hybridized carbons (Fsp3) is 0.533. The number of rotatable bonds is 2. The average molecular weight is 263 g/mol. The molecule has 0 saturated heterocycles. The summed E-state index contributed by atoms with van der Waals surface area (Å²) in [6.07, 6.45) is 0. The Hall–Kier alpha value is -1.09. The van der Waals surface area contributed by atoms with Crippen molar-refractivity contribution in [1.82, 2.24) is 5.32 Å². The zero-order valence-corrected chi connectivity index (χ0v) is 13.6. The molecule has 100 valence electrons. The number of benzene rings is 1. The minimum atomic E-state index is -1.53. The molecule has 18 heavy (non-hydrogen) atoms. The van der Waals surface area contributed by atoms with Crippen LogP contribution in [0.15, 0.2) is 18.2 Å². The van der Waals surface area contributed by atoms with Gasteiger partial charge in [0.05, 0.1) is 8.07 Å². The number of amides is 1. The number of hydrogen-bond donors (Lipinski definition) is 1. The zero-order valence-electron chi connectivity index (χ0n) is 12.6. The highest BCUT2D eigenvalue weighted by Gasteiger charge is 2.25. The van der Waals surface area contributed by atoms with Crippen LogP contribution >= 0.6 is 0 Å². The molecular formula is C15H25NOSi. The van der Waals surface area contributed by atoms with Gasteiger partial charge in [-0.05, 0) is 22.2 Å². The predicted molar refractivity (Wildman–Crippen MR) is 81.5 cm³/mol. The molecule has 0 aliphatic carbocycles. The molecule has 0 radical (unpaired) electrons. The van der Waals surface area contributed by atoms with E-state index in [1.807, 2.05) is 6.07 Å². The van der Waals surface area contributed by atoms with Gasteiger partial charge in [0.2, 0.25) is 0 Å². The first kappa shape index (κ1) is 15.0. The van der Waals surface area contributed by atoms with Gasteiger partial charge in [0.15, 0.2) is 0 Å². The largest absolute Gasteiger partial charge is 0.355 e. The van der Waals surface area contributed by atoms with Crippen molar-refractivity contribution < 1.29 is 4.79 Å². The van der Waals surface area contributed by atoms with E-state index >= 15 is 0 Å². The Kier molecular flexibility index (Phi) is 4.06. The second-order valence-corrected chi connectivity index (χ2v) is 11.9. The highest BCUT2D eigenvalue weighted by Crippen LogP contribution is 2.23. The molecular weight excluding hydrogens is 238 g/mol. The third-order valence-electron chi connectivity index (χ3n) is 3.17. The van der Waals surface area contributed by atoms with Crippen molar-refractivity contribution in [2.45, 2.75) is 45.8 Å². The summed E-state index contributed by atoms with van der Waals surface area (Å²) in [6, 6.07) is 6.29. The van der Waals surface area contributed by atoms with Gasteiger partial charge in [-0.25, -0.2) is 0 Å². The summed E-state index contributed by atoms with van der Waals surface area (Å²) < 4.78 is 0. The van der Waals surface area contributed by atoms with Crippen LogP contribution in [0, 0.1) is 0 Å². The highest BCUT2D eigenvalue weighted by atomic mass is 28.3. The highest BCUT2D eigenvalue weighted by molar-refractivity contribution is 6.89. The van der Waals surface area contributed by atoms with E-state index in [0.717, 1.165) is 5.56 Å². The average Bonchev–Trinajstić information content (AvgIpc) is 2.24. The van der Waals surface area contributed by atoms with E-state index in [2.05, 4.69) is 57.9 Å². The van der Waals surface area contributed by atoms with Crippen LogP contribution in [0.5, 0.6) is 0 Å². The Bertz CT molecular complexity index is 453.